The van der Waals surface area contributed by atoms with Crippen molar-refractivity contribution in [3.8, 4) is 0 Å². The fraction of sp³-hybridized carbons (Fsp3) is 0. The average molecular weight is 174 g/mol. The van der Waals surface area contributed by atoms with E-state index in [-0.39, 0.29) is 16.5 Å². The number of hydrogen-bond donors (Lipinski definition) is 2. The number of nitrogens with zero attached hydrogens (tertiary/aromatic N) is 2. The van der Waals surface area contributed by atoms with Crippen molar-refractivity contribution in [3.63, 3.8) is 0 Å². The fourth-order valence-electron chi connectivity index (χ4n) is 0.533. The summed E-state index contributed by atoms with van der Waals surface area (Å²) in [6, 6.07) is 0. The van der Waals surface area contributed by atoms with E-state index < -0.39 is 5.97 Å². The van der Waals surface area contributed by atoms with Gasteiger partial charge in [-0.3, -0.25) is 0 Å². The van der Waals surface area contributed by atoms with Crippen LogP contribution in [0.3, 0.4) is 0 Å². The molecule has 0 aromatic carbocycles. The summed E-state index contributed by atoms with van der Waals surface area (Å²) in [6.07, 6.45) is 1.05. The summed E-state index contributed by atoms with van der Waals surface area (Å²) in [5.74, 6) is -1.25. The van der Waals surface area contributed by atoms with Gasteiger partial charge in [0.1, 0.15) is 17.2 Å². The van der Waals surface area contributed by atoms with Crippen LogP contribution in [-0.2, 0) is 0 Å². The number of carbonyl (C=O) groups is 1. The van der Waals surface area contributed by atoms with Gasteiger partial charge >= 0.3 is 5.97 Å². The average Bonchev–Trinajstić information content (AvgIpc) is 1.94. The Morgan fingerprint density at radius 1 is 1.64 bits per heavy atom. The molecule has 0 saturated heterocycles. The Balaban J connectivity index is 3.27. The minimum Gasteiger partial charge on any atom is -0.476 e. The summed E-state index contributed by atoms with van der Waals surface area (Å²) in [5, 5.41) is 8.33. The van der Waals surface area contributed by atoms with Crippen molar-refractivity contribution >= 4 is 23.4 Å². The van der Waals surface area contributed by atoms with E-state index in [4.69, 9.17) is 22.4 Å². The predicted octanol–water partition coefficient (Wildman–Crippen LogP) is 0.410. The van der Waals surface area contributed by atoms with Gasteiger partial charge in [-0.1, -0.05) is 11.6 Å². The quantitative estimate of drug-likeness (QED) is 0.642. The topological polar surface area (TPSA) is 89.1 Å². The lowest BCUT2D eigenvalue weighted by atomic mass is 10.4. The number of carboxylic acids is 1. The normalized spacial score (nSPS) is 9.55. The first-order valence-corrected chi connectivity index (χ1v) is 3.00. The predicted molar refractivity (Wildman–Crippen MR) is 38.4 cm³/mol. The van der Waals surface area contributed by atoms with E-state index in [9.17, 15) is 4.79 Å². The molecular weight excluding hydrogens is 170 g/mol. The van der Waals surface area contributed by atoms with Crippen LogP contribution in [-0.4, -0.2) is 21.0 Å². The number of nitrogen functional groups attached to an aromatic ring is 1. The van der Waals surface area contributed by atoms with Crippen LogP contribution in [0.15, 0.2) is 6.33 Å². The van der Waals surface area contributed by atoms with Crippen LogP contribution < -0.4 is 5.73 Å². The number of anilines is 1. The molecule has 5 nitrogen and oxygen atoms in total. The van der Waals surface area contributed by atoms with Gasteiger partial charge in [-0.2, -0.15) is 0 Å². The van der Waals surface area contributed by atoms with E-state index in [2.05, 4.69) is 9.97 Å². The number of carboxylic acid groups (broad SMARTS) is 1. The van der Waals surface area contributed by atoms with Gasteiger partial charge < -0.3 is 10.8 Å². The summed E-state index contributed by atoms with van der Waals surface area (Å²) in [6.45, 7) is 0. The van der Waals surface area contributed by atoms with E-state index in [1.165, 1.54) is 0 Å². The molecule has 6 heteroatoms. The zero-order valence-electron chi connectivity index (χ0n) is 5.28. The number of aromatic carboxylic acids is 1. The third-order valence-electron chi connectivity index (χ3n) is 1.02. The third-order valence-corrected chi connectivity index (χ3v) is 1.39. The van der Waals surface area contributed by atoms with Crippen LogP contribution in [0, 0.1) is 0 Å². The Morgan fingerprint density at radius 2 is 2.27 bits per heavy atom. The molecule has 1 aromatic heterocycles. The third kappa shape index (κ3) is 1.38. The molecule has 0 aliphatic heterocycles. The molecule has 58 valence electrons. The van der Waals surface area contributed by atoms with Crippen LogP contribution in [0.1, 0.15) is 10.5 Å². The van der Waals surface area contributed by atoms with Gasteiger partial charge in [0.25, 0.3) is 0 Å². The molecule has 11 heavy (non-hydrogen) atoms. The highest BCUT2D eigenvalue weighted by Crippen LogP contribution is 2.17. The molecule has 0 unspecified atom stereocenters. The summed E-state index contributed by atoms with van der Waals surface area (Å²) in [7, 11) is 0. The fourth-order valence-corrected chi connectivity index (χ4v) is 0.711. The highest BCUT2D eigenvalue weighted by Gasteiger charge is 2.12. The van der Waals surface area contributed by atoms with Crippen molar-refractivity contribution in [1.82, 2.24) is 9.97 Å². The monoisotopic (exact) mass is 173 g/mol. The van der Waals surface area contributed by atoms with Crippen LogP contribution >= 0.6 is 11.6 Å². The van der Waals surface area contributed by atoms with Gasteiger partial charge in [-0.15, -0.1) is 0 Å². The lowest BCUT2D eigenvalue weighted by Crippen LogP contribution is -2.04. The standard InChI is InChI=1S/C5H4ClN3O2/c6-2-3(5(10)11)8-1-9-4(2)7/h1H,(H,10,11)(H2,7,8,9). The summed E-state index contributed by atoms with van der Waals surface area (Å²) >= 11 is 5.46. The first kappa shape index (κ1) is 7.74. The first-order valence-electron chi connectivity index (χ1n) is 2.62. The highest BCUT2D eigenvalue weighted by atomic mass is 35.5. The van der Waals surface area contributed by atoms with Gasteiger partial charge in [0, 0.05) is 0 Å². The van der Waals surface area contributed by atoms with Gasteiger partial charge in [-0.25, -0.2) is 14.8 Å². The van der Waals surface area contributed by atoms with Crippen molar-refractivity contribution < 1.29 is 9.90 Å². The van der Waals surface area contributed by atoms with Crippen LogP contribution in [0.4, 0.5) is 5.82 Å². The summed E-state index contributed by atoms with van der Waals surface area (Å²) in [4.78, 5) is 17.3. The Bertz CT molecular complexity index is 302. The molecular formula is C5H4ClN3O2. The van der Waals surface area contributed by atoms with Crippen molar-refractivity contribution in [2.45, 2.75) is 0 Å². The Hall–Kier alpha value is -1.36. The van der Waals surface area contributed by atoms with E-state index in [1.807, 2.05) is 0 Å². The Labute approximate surface area is 66.8 Å². The second-order valence-corrected chi connectivity index (χ2v) is 2.10. The second kappa shape index (κ2) is 2.71. The molecule has 0 bridgehead atoms. The zero-order valence-corrected chi connectivity index (χ0v) is 6.04. The molecule has 0 spiro atoms. The van der Waals surface area contributed by atoms with Gasteiger partial charge in [-0.05, 0) is 0 Å². The SMILES string of the molecule is Nc1ncnc(C(=O)O)c1Cl. The molecule has 0 amide bonds. The van der Waals surface area contributed by atoms with E-state index in [0.29, 0.717) is 0 Å². The number of rotatable bonds is 1. The zero-order chi connectivity index (χ0) is 8.43. The maximum atomic E-state index is 10.3. The number of halogens is 1. The number of nitrogens with two attached hydrogens (primary N) is 1. The van der Waals surface area contributed by atoms with Crippen molar-refractivity contribution in [2.75, 3.05) is 5.73 Å². The maximum absolute atomic E-state index is 10.3. The van der Waals surface area contributed by atoms with Crippen LogP contribution in [0.5, 0.6) is 0 Å². The smallest absolute Gasteiger partial charge is 0.356 e. The molecule has 0 atom stereocenters. The molecule has 1 heterocycles. The lowest BCUT2D eigenvalue weighted by molar-refractivity contribution is 0.0690. The number of hydrogen-bond acceptors (Lipinski definition) is 4. The van der Waals surface area contributed by atoms with Gasteiger partial charge in [0.2, 0.25) is 0 Å². The van der Waals surface area contributed by atoms with Crippen molar-refractivity contribution in [3.05, 3.63) is 17.0 Å². The minimum absolute atomic E-state index is 0.0286. The molecule has 0 aliphatic rings. The Morgan fingerprint density at radius 3 is 2.73 bits per heavy atom. The minimum atomic E-state index is -1.22. The maximum Gasteiger partial charge on any atom is 0.356 e. The molecule has 0 fully saturated rings. The van der Waals surface area contributed by atoms with Crippen LogP contribution in [0.2, 0.25) is 5.02 Å². The lowest BCUT2D eigenvalue weighted by Gasteiger charge is -1.97. The van der Waals surface area contributed by atoms with E-state index in [1.54, 1.807) is 0 Å². The van der Waals surface area contributed by atoms with Gasteiger partial charge in [0.15, 0.2) is 5.69 Å². The molecule has 3 N–H and O–H groups in total. The van der Waals surface area contributed by atoms with Crippen molar-refractivity contribution in [2.24, 2.45) is 0 Å². The van der Waals surface area contributed by atoms with E-state index in [0.717, 1.165) is 6.33 Å². The molecule has 0 aliphatic carbocycles. The second-order valence-electron chi connectivity index (χ2n) is 1.73. The number of aromatic nitrogens is 2. The highest BCUT2D eigenvalue weighted by molar-refractivity contribution is 6.35. The molecule has 0 saturated carbocycles. The first-order chi connectivity index (χ1) is 5.13. The van der Waals surface area contributed by atoms with E-state index >= 15 is 0 Å². The molecule has 1 rings (SSSR count). The largest absolute Gasteiger partial charge is 0.476 e. The summed E-state index contributed by atoms with van der Waals surface area (Å²) in [5.41, 5.74) is 4.93. The molecule has 1 aromatic rings. The van der Waals surface area contributed by atoms with Crippen LogP contribution in [0.25, 0.3) is 0 Å². The Kier molecular flexibility index (Phi) is 1.91. The molecule has 0 radical (unpaired) electrons. The van der Waals surface area contributed by atoms with Crippen molar-refractivity contribution in [1.29, 1.82) is 0 Å². The summed E-state index contributed by atoms with van der Waals surface area (Å²) < 4.78 is 0. The van der Waals surface area contributed by atoms with Gasteiger partial charge in [0.05, 0.1) is 0 Å².